The topological polar surface area (TPSA) is 43.4 Å². The third-order valence-corrected chi connectivity index (χ3v) is 4.53. The van der Waals surface area contributed by atoms with E-state index in [4.69, 9.17) is 0 Å². The van der Waals surface area contributed by atoms with E-state index in [1.54, 1.807) is 0 Å². The molecular weight excluding hydrogens is 260 g/mol. The summed E-state index contributed by atoms with van der Waals surface area (Å²) in [5.74, 6) is 0.140. The molecule has 0 amide bonds. The van der Waals surface area contributed by atoms with E-state index in [9.17, 15) is 8.42 Å². The van der Waals surface area contributed by atoms with Gasteiger partial charge in [0.25, 0.3) is 10.1 Å². The highest BCUT2D eigenvalue weighted by Crippen LogP contribution is 2.10. The quantitative estimate of drug-likeness (QED) is 0.515. The lowest BCUT2D eigenvalue weighted by Gasteiger charge is -2.03. The molecular formula is C15H24O3S. The van der Waals surface area contributed by atoms with Crippen LogP contribution in [0.3, 0.4) is 0 Å². The Balaban J connectivity index is 2.04. The molecule has 0 radical (unpaired) electrons. The lowest BCUT2D eigenvalue weighted by atomic mass is 10.0. The highest BCUT2D eigenvalue weighted by Gasteiger charge is 2.06. The van der Waals surface area contributed by atoms with Gasteiger partial charge in [0.2, 0.25) is 0 Å². The number of hydrogen-bond donors (Lipinski definition) is 0. The Kier molecular flexibility index (Phi) is 7.10. The number of rotatable bonds is 9. The van der Waals surface area contributed by atoms with Gasteiger partial charge in [0.1, 0.15) is 0 Å². The molecule has 0 bridgehead atoms. The molecule has 0 aliphatic rings. The van der Waals surface area contributed by atoms with Crippen LogP contribution in [0.5, 0.6) is 0 Å². The van der Waals surface area contributed by atoms with Crippen LogP contribution in [-0.4, -0.2) is 21.3 Å². The largest absolute Gasteiger partial charge is 0.273 e. The predicted molar refractivity (Wildman–Crippen MR) is 78.8 cm³/mol. The van der Waals surface area contributed by atoms with Gasteiger partial charge in [-0.15, -0.1) is 0 Å². The van der Waals surface area contributed by atoms with E-state index in [0.29, 0.717) is 6.42 Å². The summed E-state index contributed by atoms with van der Waals surface area (Å²) >= 11 is 0. The molecule has 0 unspecified atom stereocenters. The van der Waals surface area contributed by atoms with E-state index in [2.05, 4.69) is 35.4 Å². The summed E-state index contributed by atoms with van der Waals surface area (Å²) in [6.07, 6.45) is 6.17. The molecule has 0 fully saturated rings. The molecule has 0 aliphatic carbocycles. The Labute approximate surface area is 117 Å². The Bertz CT molecular complexity index is 449. The van der Waals surface area contributed by atoms with Crippen molar-refractivity contribution >= 4 is 10.1 Å². The monoisotopic (exact) mass is 284 g/mol. The zero-order valence-electron chi connectivity index (χ0n) is 11.9. The van der Waals surface area contributed by atoms with Crippen LogP contribution < -0.4 is 0 Å². The third kappa shape index (κ3) is 7.33. The summed E-state index contributed by atoms with van der Waals surface area (Å²) in [6.45, 7) is 2.10. The minimum atomic E-state index is -3.26. The van der Waals surface area contributed by atoms with E-state index in [-0.39, 0.29) is 5.75 Å². The lowest BCUT2D eigenvalue weighted by Crippen LogP contribution is -2.07. The first-order valence-corrected chi connectivity index (χ1v) is 8.45. The van der Waals surface area contributed by atoms with Gasteiger partial charge >= 0.3 is 0 Å². The van der Waals surface area contributed by atoms with Crippen molar-refractivity contribution in [3.05, 3.63) is 35.4 Å². The Morgan fingerprint density at radius 3 is 2.16 bits per heavy atom. The van der Waals surface area contributed by atoms with E-state index in [1.165, 1.54) is 24.7 Å². The SMILES string of the molecule is COS(=O)(=O)CCCCCCCc1ccc(C)cc1. The van der Waals surface area contributed by atoms with Gasteiger partial charge in [-0.2, -0.15) is 8.42 Å². The smallest absolute Gasteiger partial charge is 0.267 e. The van der Waals surface area contributed by atoms with Crippen LogP contribution >= 0.6 is 0 Å². The van der Waals surface area contributed by atoms with Crippen LogP contribution in [0.1, 0.15) is 43.2 Å². The summed E-state index contributed by atoms with van der Waals surface area (Å²) in [5.41, 5.74) is 2.68. The fourth-order valence-corrected chi connectivity index (χ4v) is 2.70. The van der Waals surface area contributed by atoms with Crippen molar-refractivity contribution in [2.75, 3.05) is 12.9 Å². The van der Waals surface area contributed by atoms with Crippen molar-refractivity contribution in [1.82, 2.24) is 0 Å². The second kappa shape index (κ2) is 8.33. The van der Waals surface area contributed by atoms with Gasteiger partial charge in [0.05, 0.1) is 12.9 Å². The average molecular weight is 284 g/mol. The fourth-order valence-electron chi connectivity index (χ4n) is 1.98. The molecule has 0 spiro atoms. The molecule has 0 saturated carbocycles. The molecule has 19 heavy (non-hydrogen) atoms. The van der Waals surface area contributed by atoms with Crippen LogP contribution in [0, 0.1) is 6.92 Å². The van der Waals surface area contributed by atoms with Crippen LogP contribution in [0.2, 0.25) is 0 Å². The fraction of sp³-hybridized carbons (Fsp3) is 0.600. The number of benzene rings is 1. The van der Waals surface area contributed by atoms with Gasteiger partial charge < -0.3 is 0 Å². The molecule has 1 rings (SSSR count). The first-order valence-electron chi connectivity index (χ1n) is 6.87. The molecule has 0 aromatic heterocycles. The van der Waals surface area contributed by atoms with Gasteiger partial charge in [0, 0.05) is 0 Å². The van der Waals surface area contributed by atoms with Crippen molar-refractivity contribution in [3.63, 3.8) is 0 Å². The van der Waals surface area contributed by atoms with Crippen molar-refractivity contribution < 1.29 is 12.6 Å². The second-order valence-electron chi connectivity index (χ2n) is 4.93. The first kappa shape index (κ1) is 16.2. The first-order chi connectivity index (χ1) is 9.03. The van der Waals surface area contributed by atoms with Crippen LogP contribution in [0.15, 0.2) is 24.3 Å². The van der Waals surface area contributed by atoms with Crippen LogP contribution in [0.25, 0.3) is 0 Å². The van der Waals surface area contributed by atoms with Crippen molar-refractivity contribution in [1.29, 1.82) is 0 Å². The van der Waals surface area contributed by atoms with E-state index >= 15 is 0 Å². The highest BCUT2D eigenvalue weighted by atomic mass is 32.2. The van der Waals surface area contributed by atoms with Crippen molar-refractivity contribution in [3.8, 4) is 0 Å². The van der Waals surface area contributed by atoms with E-state index in [0.717, 1.165) is 25.7 Å². The molecule has 1 aromatic carbocycles. The molecule has 0 saturated heterocycles. The molecule has 1 aromatic rings. The zero-order valence-corrected chi connectivity index (χ0v) is 12.7. The Hall–Kier alpha value is -0.870. The van der Waals surface area contributed by atoms with Gasteiger partial charge in [0.15, 0.2) is 0 Å². The average Bonchev–Trinajstić information content (AvgIpc) is 2.40. The van der Waals surface area contributed by atoms with Crippen molar-refractivity contribution in [2.24, 2.45) is 0 Å². The van der Waals surface area contributed by atoms with Gasteiger partial charge in [-0.05, 0) is 31.7 Å². The summed E-state index contributed by atoms with van der Waals surface area (Å²) in [7, 11) is -2.04. The maximum atomic E-state index is 11.1. The molecule has 3 nitrogen and oxygen atoms in total. The Morgan fingerprint density at radius 2 is 1.53 bits per heavy atom. The van der Waals surface area contributed by atoms with Gasteiger partial charge in [-0.3, -0.25) is 4.18 Å². The van der Waals surface area contributed by atoms with E-state index < -0.39 is 10.1 Å². The van der Waals surface area contributed by atoms with E-state index in [1.807, 2.05) is 0 Å². The molecule has 0 aliphatic heterocycles. The number of unbranched alkanes of at least 4 members (excludes halogenated alkanes) is 4. The van der Waals surface area contributed by atoms with Crippen molar-refractivity contribution in [2.45, 2.75) is 45.4 Å². The third-order valence-electron chi connectivity index (χ3n) is 3.23. The molecule has 4 heteroatoms. The summed E-state index contributed by atoms with van der Waals surface area (Å²) in [6, 6.07) is 8.65. The maximum absolute atomic E-state index is 11.1. The second-order valence-corrected chi connectivity index (χ2v) is 6.79. The lowest BCUT2D eigenvalue weighted by molar-refractivity contribution is 0.396. The number of aryl methyl sites for hydroxylation is 2. The van der Waals surface area contributed by atoms with Crippen LogP contribution in [-0.2, 0) is 20.7 Å². The Morgan fingerprint density at radius 1 is 0.947 bits per heavy atom. The standard InChI is InChI=1S/C15H24O3S/c1-14-9-11-15(12-10-14)8-6-4-3-5-7-13-19(16,17)18-2/h9-12H,3-8,13H2,1-2H3. The maximum Gasteiger partial charge on any atom is 0.267 e. The normalized spacial score (nSPS) is 11.7. The zero-order chi connectivity index (χ0) is 14.1. The van der Waals surface area contributed by atoms with Crippen LogP contribution in [0.4, 0.5) is 0 Å². The minimum absolute atomic E-state index is 0.140. The minimum Gasteiger partial charge on any atom is -0.273 e. The van der Waals surface area contributed by atoms with Gasteiger partial charge in [-0.1, -0.05) is 49.1 Å². The summed E-state index contributed by atoms with van der Waals surface area (Å²) in [4.78, 5) is 0. The number of hydrogen-bond acceptors (Lipinski definition) is 3. The summed E-state index contributed by atoms with van der Waals surface area (Å²) in [5, 5.41) is 0. The summed E-state index contributed by atoms with van der Waals surface area (Å²) < 4.78 is 26.6. The molecule has 0 heterocycles. The molecule has 108 valence electrons. The molecule has 0 N–H and O–H groups in total. The predicted octanol–water partition coefficient (Wildman–Crippen LogP) is 3.46. The highest BCUT2D eigenvalue weighted by molar-refractivity contribution is 7.86. The molecule has 0 atom stereocenters. The van der Waals surface area contributed by atoms with Gasteiger partial charge in [-0.25, -0.2) is 0 Å².